The molecule has 1 aromatic carbocycles. The van der Waals surface area contributed by atoms with E-state index in [1.165, 1.54) is 0 Å². The van der Waals surface area contributed by atoms with E-state index in [-0.39, 0.29) is 19.1 Å². The van der Waals surface area contributed by atoms with Gasteiger partial charge in [0.2, 0.25) is 0 Å². The Hall–Kier alpha value is -2.44. The number of pyridine rings is 1. The van der Waals surface area contributed by atoms with Gasteiger partial charge in [-0.05, 0) is 31.2 Å². The van der Waals surface area contributed by atoms with E-state index < -0.39 is 6.10 Å². The molecule has 1 unspecified atom stereocenters. The van der Waals surface area contributed by atoms with E-state index in [0.29, 0.717) is 17.1 Å². The quantitative estimate of drug-likeness (QED) is 0.647. The third-order valence-electron chi connectivity index (χ3n) is 3.04. The molecule has 1 amide bonds. The predicted molar refractivity (Wildman–Crippen MR) is 85.0 cm³/mol. The number of hydrogen-bond donors (Lipinski definition) is 4. The maximum atomic E-state index is 12.4. The lowest BCUT2D eigenvalue weighted by Crippen LogP contribution is -2.24. The van der Waals surface area contributed by atoms with Gasteiger partial charge in [0.25, 0.3) is 5.91 Å². The van der Waals surface area contributed by atoms with Crippen LogP contribution in [0.1, 0.15) is 16.1 Å². The normalized spacial score (nSPS) is 11.8. The molecule has 1 heterocycles. The summed E-state index contributed by atoms with van der Waals surface area (Å²) < 4.78 is 0. The van der Waals surface area contributed by atoms with Crippen molar-refractivity contribution < 1.29 is 15.0 Å². The lowest BCUT2D eigenvalue weighted by molar-refractivity contribution is 0.102. The zero-order valence-corrected chi connectivity index (χ0v) is 12.3. The summed E-state index contributed by atoms with van der Waals surface area (Å²) in [5.74, 6) is 0.190. The summed E-state index contributed by atoms with van der Waals surface area (Å²) in [6.45, 7) is 1.67. The summed E-state index contributed by atoms with van der Waals surface area (Å²) in [5, 5.41) is 23.9. The Morgan fingerprint density at radius 2 is 2.00 bits per heavy atom. The van der Waals surface area contributed by atoms with Crippen molar-refractivity contribution in [2.24, 2.45) is 0 Å². The number of amides is 1. The number of anilines is 2. The maximum absolute atomic E-state index is 12.4. The van der Waals surface area contributed by atoms with Crippen LogP contribution in [0.25, 0.3) is 0 Å². The van der Waals surface area contributed by atoms with E-state index in [1.807, 2.05) is 19.1 Å². The average molecular weight is 301 g/mol. The van der Waals surface area contributed by atoms with Crippen LogP contribution in [0, 0.1) is 6.92 Å². The molecule has 0 aliphatic carbocycles. The van der Waals surface area contributed by atoms with Crippen LogP contribution in [0.2, 0.25) is 0 Å². The van der Waals surface area contributed by atoms with Crippen molar-refractivity contribution in [3.05, 3.63) is 53.7 Å². The summed E-state index contributed by atoms with van der Waals surface area (Å²) in [6, 6.07) is 12.3. The lowest BCUT2D eigenvalue weighted by atomic mass is 10.1. The molecule has 0 bridgehead atoms. The molecule has 0 spiro atoms. The number of aromatic nitrogens is 1. The Balaban J connectivity index is 2.12. The fourth-order valence-corrected chi connectivity index (χ4v) is 1.92. The maximum Gasteiger partial charge on any atom is 0.258 e. The fourth-order valence-electron chi connectivity index (χ4n) is 1.92. The van der Waals surface area contributed by atoms with E-state index in [2.05, 4.69) is 15.6 Å². The van der Waals surface area contributed by atoms with Crippen LogP contribution in [-0.4, -0.2) is 40.4 Å². The number of nitrogens with zero attached hydrogens (tertiary/aromatic N) is 1. The molecule has 4 N–H and O–H groups in total. The van der Waals surface area contributed by atoms with Crippen molar-refractivity contribution in [1.82, 2.24) is 4.98 Å². The van der Waals surface area contributed by atoms with Crippen molar-refractivity contribution in [2.75, 3.05) is 23.8 Å². The number of aryl methyl sites for hydroxylation is 1. The third-order valence-corrected chi connectivity index (χ3v) is 3.04. The van der Waals surface area contributed by atoms with Crippen molar-refractivity contribution in [1.29, 1.82) is 0 Å². The molecule has 2 rings (SSSR count). The van der Waals surface area contributed by atoms with Gasteiger partial charge in [0.15, 0.2) is 0 Å². The van der Waals surface area contributed by atoms with Gasteiger partial charge < -0.3 is 20.8 Å². The van der Waals surface area contributed by atoms with E-state index in [0.717, 1.165) is 5.69 Å². The minimum Gasteiger partial charge on any atom is -0.394 e. The molecular weight excluding hydrogens is 282 g/mol. The first-order valence-electron chi connectivity index (χ1n) is 6.97. The highest BCUT2D eigenvalue weighted by atomic mass is 16.3. The van der Waals surface area contributed by atoms with Crippen molar-refractivity contribution in [3.8, 4) is 0 Å². The average Bonchev–Trinajstić information content (AvgIpc) is 2.52. The summed E-state index contributed by atoms with van der Waals surface area (Å²) in [6.07, 6.45) is -0.880. The summed E-state index contributed by atoms with van der Waals surface area (Å²) in [7, 11) is 0. The second kappa shape index (κ2) is 7.53. The Morgan fingerprint density at radius 3 is 2.73 bits per heavy atom. The van der Waals surface area contributed by atoms with Gasteiger partial charge in [-0.1, -0.05) is 18.2 Å². The Bertz CT molecular complexity index is 646. The van der Waals surface area contributed by atoms with Crippen LogP contribution in [0.3, 0.4) is 0 Å². The minimum atomic E-state index is -0.880. The van der Waals surface area contributed by atoms with Gasteiger partial charge >= 0.3 is 0 Å². The van der Waals surface area contributed by atoms with Crippen LogP contribution in [0.4, 0.5) is 11.5 Å². The largest absolute Gasteiger partial charge is 0.394 e. The minimum absolute atomic E-state index is 0.156. The molecule has 0 aliphatic rings. The molecule has 0 radical (unpaired) electrons. The number of para-hydroxylation sites is 1. The van der Waals surface area contributed by atoms with Crippen molar-refractivity contribution in [2.45, 2.75) is 13.0 Å². The molecule has 1 aromatic heterocycles. The number of hydrogen-bond acceptors (Lipinski definition) is 5. The molecule has 0 saturated heterocycles. The topological polar surface area (TPSA) is 94.5 Å². The van der Waals surface area contributed by atoms with Gasteiger partial charge in [-0.25, -0.2) is 4.98 Å². The molecular formula is C16H19N3O3. The van der Waals surface area contributed by atoms with Crippen LogP contribution >= 0.6 is 0 Å². The van der Waals surface area contributed by atoms with Gasteiger partial charge in [0.05, 0.1) is 18.3 Å². The number of benzene rings is 1. The molecule has 1 atom stereocenters. The molecule has 6 nitrogen and oxygen atoms in total. The van der Waals surface area contributed by atoms with E-state index in [1.54, 1.807) is 30.3 Å². The van der Waals surface area contributed by atoms with Crippen LogP contribution < -0.4 is 10.6 Å². The third kappa shape index (κ3) is 4.28. The predicted octanol–water partition coefficient (Wildman–Crippen LogP) is 1.41. The smallest absolute Gasteiger partial charge is 0.258 e. The second-order valence-electron chi connectivity index (χ2n) is 4.88. The Labute approximate surface area is 128 Å². The second-order valence-corrected chi connectivity index (χ2v) is 4.88. The Kier molecular flexibility index (Phi) is 5.46. The standard InChI is InChI=1S/C16H19N3O3/c1-11-5-4-8-15(18-11)19-16(22)13-6-2-3-7-14(13)17-9-12(21)10-20/h2-8,12,17,20-21H,9-10H2,1H3,(H,18,19,22). The van der Waals surface area contributed by atoms with Crippen LogP contribution in [-0.2, 0) is 0 Å². The number of carbonyl (C=O) groups excluding carboxylic acids is 1. The monoisotopic (exact) mass is 301 g/mol. The molecule has 22 heavy (non-hydrogen) atoms. The SMILES string of the molecule is Cc1cccc(NC(=O)c2ccccc2NCC(O)CO)n1. The van der Waals surface area contributed by atoms with Gasteiger partial charge in [-0.15, -0.1) is 0 Å². The molecule has 6 heteroatoms. The number of aliphatic hydroxyl groups is 2. The first-order valence-corrected chi connectivity index (χ1v) is 6.97. The molecule has 116 valence electrons. The van der Waals surface area contributed by atoms with Gasteiger partial charge in [0, 0.05) is 17.9 Å². The summed E-state index contributed by atoms with van der Waals surface area (Å²) >= 11 is 0. The number of nitrogens with one attached hydrogen (secondary N) is 2. The highest BCUT2D eigenvalue weighted by Crippen LogP contribution is 2.17. The van der Waals surface area contributed by atoms with Gasteiger partial charge in [0.1, 0.15) is 5.82 Å². The lowest BCUT2D eigenvalue weighted by Gasteiger charge is -2.14. The van der Waals surface area contributed by atoms with Crippen LogP contribution in [0.5, 0.6) is 0 Å². The first-order chi connectivity index (χ1) is 10.6. The van der Waals surface area contributed by atoms with Crippen molar-refractivity contribution in [3.63, 3.8) is 0 Å². The van der Waals surface area contributed by atoms with E-state index in [9.17, 15) is 9.90 Å². The Morgan fingerprint density at radius 1 is 1.23 bits per heavy atom. The molecule has 0 fully saturated rings. The van der Waals surface area contributed by atoms with E-state index in [4.69, 9.17) is 5.11 Å². The van der Waals surface area contributed by atoms with Crippen molar-refractivity contribution >= 4 is 17.4 Å². The van der Waals surface area contributed by atoms with E-state index >= 15 is 0 Å². The summed E-state index contributed by atoms with van der Waals surface area (Å²) in [4.78, 5) is 16.6. The first kappa shape index (κ1) is 15.9. The highest BCUT2D eigenvalue weighted by Gasteiger charge is 2.12. The zero-order chi connectivity index (χ0) is 15.9. The highest BCUT2D eigenvalue weighted by molar-refractivity contribution is 6.07. The number of carbonyl (C=O) groups is 1. The van der Waals surface area contributed by atoms with Crippen LogP contribution in [0.15, 0.2) is 42.5 Å². The molecule has 0 saturated carbocycles. The summed E-state index contributed by atoms with van der Waals surface area (Å²) in [5.41, 5.74) is 1.84. The van der Waals surface area contributed by atoms with Gasteiger partial charge in [-0.2, -0.15) is 0 Å². The zero-order valence-electron chi connectivity index (χ0n) is 12.3. The number of aliphatic hydroxyl groups excluding tert-OH is 2. The fraction of sp³-hybridized carbons (Fsp3) is 0.250. The number of rotatable bonds is 6. The molecule has 0 aliphatic heterocycles. The van der Waals surface area contributed by atoms with Gasteiger partial charge in [-0.3, -0.25) is 4.79 Å². The molecule has 2 aromatic rings.